The molecule has 1 aliphatic carbocycles. The SMILES string of the molecule is Cc1cc(-c2nc(C3CCCC(C)C3)n(CC(=O)CC3CCN(c4ccccn4)CC3)n2)ccc1F. The molecule has 1 saturated heterocycles. The standard InChI is InChI=1S/C29H36FN5O/c1-20-6-5-7-24(16-20)29-32-28(23-9-10-26(30)21(2)17-23)33-35(29)19-25(36)18-22-11-14-34(15-12-22)27-8-3-4-13-31-27/h3-4,8-10,13,17,20,22,24H,5-7,11-12,14-16,18-19H2,1-2H3. The predicted molar refractivity (Wildman–Crippen MR) is 139 cm³/mol. The summed E-state index contributed by atoms with van der Waals surface area (Å²) in [7, 11) is 0. The quantitative estimate of drug-likeness (QED) is 0.410. The number of rotatable bonds is 7. The first-order chi connectivity index (χ1) is 17.5. The van der Waals surface area contributed by atoms with Gasteiger partial charge in [0.25, 0.3) is 0 Å². The van der Waals surface area contributed by atoms with Gasteiger partial charge in [0.05, 0.1) is 0 Å². The summed E-state index contributed by atoms with van der Waals surface area (Å²) in [5, 5.41) is 4.78. The van der Waals surface area contributed by atoms with E-state index >= 15 is 0 Å². The number of anilines is 1. The monoisotopic (exact) mass is 489 g/mol. The second-order valence-electron chi connectivity index (χ2n) is 10.7. The zero-order chi connectivity index (χ0) is 25.1. The molecule has 3 heterocycles. The van der Waals surface area contributed by atoms with Gasteiger partial charge in [-0.1, -0.05) is 25.8 Å². The van der Waals surface area contributed by atoms with Crippen LogP contribution in [0.4, 0.5) is 10.2 Å². The second kappa shape index (κ2) is 10.9. The Kier molecular flexibility index (Phi) is 7.44. The fourth-order valence-corrected chi connectivity index (χ4v) is 5.81. The van der Waals surface area contributed by atoms with Crippen molar-refractivity contribution in [2.75, 3.05) is 18.0 Å². The molecule has 0 bridgehead atoms. The molecule has 0 amide bonds. The Hall–Kier alpha value is -3.09. The first kappa shape index (κ1) is 24.6. The van der Waals surface area contributed by atoms with Gasteiger partial charge in [-0.2, -0.15) is 5.10 Å². The van der Waals surface area contributed by atoms with Gasteiger partial charge in [-0.3, -0.25) is 4.79 Å². The van der Waals surface area contributed by atoms with Crippen LogP contribution in [-0.2, 0) is 11.3 Å². The minimum atomic E-state index is -0.233. The molecule has 5 rings (SSSR count). The normalized spacial score (nSPS) is 21.0. The molecule has 2 atom stereocenters. The van der Waals surface area contributed by atoms with Crippen molar-refractivity contribution in [2.24, 2.45) is 11.8 Å². The summed E-state index contributed by atoms with van der Waals surface area (Å²) in [5.41, 5.74) is 1.37. The van der Waals surface area contributed by atoms with Gasteiger partial charge in [-0.05, 0) is 80.3 Å². The summed E-state index contributed by atoms with van der Waals surface area (Å²) in [6.45, 7) is 6.16. The molecule has 2 aromatic heterocycles. The summed E-state index contributed by atoms with van der Waals surface area (Å²) < 4.78 is 15.7. The fraction of sp³-hybridized carbons (Fsp3) is 0.517. The van der Waals surface area contributed by atoms with Crippen LogP contribution in [0.15, 0.2) is 42.6 Å². The van der Waals surface area contributed by atoms with E-state index in [1.165, 1.54) is 18.9 Å². The fourth-order valence-electron chi connectivity index (χ4n) is 5.81. The van der Waals surface area contributed by atoms with Gasteiger partial charge in [-0.15, -0.1) is 0 Å². The molecule has 2 fully saturated rings. The van der Waals surface area contributed by atoms with Gasteiger partial charge >= 0.3 is 0 Å². The van der Waals surface area contributed by atoms with Crippen molar-refractivity contribution in [3.8, 4) is 11.4 Å². The number of hydrogen-bond acceptors (Lipinski definition) is 5. The van der Waals surface area contributed by atoms with Crippen molar-refractivity contribution < 1.29 is 9.18 Å². The first-order valence-corrected chi connectivity index (χ1v) is 13.3. The third-order valence-electron chi connectivity index (χ3n) is 7.85. The van der Waals surface area contributed by atoms with E-state index < -0.39 is 0 Å². The number of Topliss-reactive ketones (excluding diaryl/α,β-unsaturated/α-hetero) is 1. The maximum absolute atomic E-state index is 13.9. The van der Waals surface area contributed by atoms with Crippen molar-refractivity contribution in [1.29, 1.82) is 0 Å². The molecule has 0 N–H and O–H groups in total. The average molecular weight is 490 g/mol. The van der Waals surface area contributed by atoms with Crippen molar-refractivity contribution in [3.05, 3.63) is 59.8 Å². The maximum atomic E-state index is 13.9. The molecule has 0 spiro atoms. The summed E-state index contributed by atoms with van der Waals surface area (Å²) in [6.07, 6.45) is 8.94. The Morgan fingerprint density at radius 1 is 1.11 bits per heavy atom. The van der Waals surface area contributed by atoms with E-state index in [0.717, 1.165) is 56.0 Å². The highest BCUT2D eigenvalue weighted by molar-refractivity contribution is 5.78. The van der Waals surface area contributed by atoms with Crippen LogP contribution in [0.3, 0.4) is 0 Å². The lowest BCUT2D eigenvalue weighted by atomic mass is 9.82. The van der Waals surface area contributed by atoms with E-state index in [9.17, 15) is 9.18 Å². The number of pyridine rings is 1. The van der Waals surface area contributed by atoms with Crippen LogP contribution in [0, 0.1) is 24.6 Å². The number of nitrogens with zero attached hydrogens (tertiary/aromatic N) is 5. The van der Waals surface area contributed by atoms with Crippen LogP contribution < -0.4 is 4.90 Å². The first-order valence-electron chi connectivity index (χ1n) is 13.3. The topological polar surface area (TPSA) is 63.9 Å². The van der Waals surface area contributed by atoms with Crippen LogP contribution in [-0.4, -0.2) is 38.6 Å². The van der Waals surface area contributed by atoms with E-state index in [1.807, 2.05) is 29.1 Å². The smallest absolute Gasteiger partial charge is 0.181 e. The summed E-state index contributed by atoms with van der Waals surface area (Å²) in [5.74, 6) is 3.83. The average Bonchev–Trinajstić information content (AvgIpc) is 3.30. The number of carbonyl (C=O) groups excluding carboxylic acids is 1. The van der Waals surface area contributed by atoms with Crippen molar-refractivity contribution in [1.82, 2.24) is 19.7 Å². The molecule has 190 valence electrons. The highest BCUT2D eigenvalue weighted by Crippen LogP contribution is 2.36. The van der Waals surface area contributed by atoms with Crippen molar-refractivity contribution in [2.45, 2.75) is 71.3 Å². The van der Waals surface area contributed by atoms with E-state index in [2.05, 4.69) is 16.8 Å². The molecular formula is C29H36FN5O. The molecule has 2 unspecified atom stereocenters. The lowest BCUT2D eigenvalue weighted by molar-refractivity contribution is -0.120. The highest BCUT2D eigenvalue weighted by Gasteiger charge is 2.28. The lowest BCUT2D eigenvalue weighted by Gasteiger charge is -2.32. The summed E-state index contributed by atoms with van der Waals surface area (Å²) in [6, 6.07) is 11.0. The Morgan fingerprint density at radius 3 is 2.67 bits per heavy atom. The minimum absolute atomic E-state index is 0.211. The van der Waals surface area contributed by atoms with E-state index in [4.69, 9.17) is 10.1 Å². The Bertz CT molecular complexity index is 1190. The number of benzene rings is 1. The molecule has 36 heavy (non-hydrogen) atoms. The molecule has 7 heteroatoms. The minimum Gasteiger partial charge on any atom is -0.357 e. The Labute approximate surface area is 213 Å². The third-order valence-corrected chi connectivity index (χ3v) is 7.85. The molecule has 0 radical (unpaired) electrons. The molecule has 6 nitrogen and oxygen atoms in total. The molecule has 1 aromatic carbocycles. The van der Waals surface area contributed by atoms with E-state index in [-0.39, 0.29) is 18.1 Å². The Balaban J connectivity index is 1.28. The second-order valence-corrected chi connectivity index (χ2v) is 10.7. The van der Waals surface area contributed by atoms with Crippen LogP contribution >= 0.6 is 0 Å². The van der Waals surface area contributed by atoms with Crippen LogP contribution in [0.2, 0.25) is 0 Å². The van der Waals surface area contributed by atoms with Crippen LogP contribution in [0.5, 0.6) is 0 Å². The van der Waals surface area contributed by atoms with Gasteiger partial charge in [0.1, 0.15) is 24.0 Å². The van der Waals surface area contributed by atoms with Gasteiger partial charge in [-0.25, -0.2) is 19.0 Å². The molecular weight excluding hydrogens is 453 g/mol. The van der Waals surface area contributed by atoms with Crippen molar-refractivity contribution in [3.63, 3.8) is 0 Å². The molecule has 1 aliphatic heterocycles. The van der Waals surface area contributed by atoms with Gasteiger partial charge in [0.2, 0.25) is 0 Å². The van der Waals surface area contributed by atoms with Gasteiger partial charge in [0, 0.05) is 37.2 Å². The number of aromatic nitrogens is 4. The summed E-state index contributed by atoms with van der Waals surface area (Å²) >= 11 is 0. The van der Waals surface area contributed by atoms with E-state index in [0.29, 0.717) is 35.6 Å². The largest absolute Gasteiger partial charge is 0.357 e. The number of piperidine rings is 1. The zero-order valence-electron chi connectivity index (χ0n) is 21.4. The van der Waals surface area contributed by atoms with Crippen LogP contribution in [0.1, 0.15) is 69.2 Å². The van der Waals surface area contributed by atoms with Gasteiger partial charge < -0.3 is 4.90 Å². The lowest BCUT2D eigenvalue weighted by Crippen LogP contribution is -2.35. The Morgan fingerprint density at radius 2 is 1.94 bits per heavy atom. The summed E-state index contributed by atoms with van der Waals surface area (Å²) in [4.78, 5) is 24.9. The van der Waals surface area contributed by atoms with Crippen LogP contribution in [0.25, 0.3) is 11.4 Å². The highest BCUT2D eigenvalue weighted by atomic mass is 19.1. The predicted octanol–water partition coefficient (Wildman–Crippen LogP) is 5.96. The number of carbonyl (C=O) groups is 1. The zero-order valence-corrected chi connectivity index (χ0v) is 21.4. The van der Waals surface area contributed by atoms with Crippen molar-refractivity contribution >= 4 is 11.6 Å². The van der Waals surface area contributed by atoms with Gasteiger partial charge in [0.15, 0.2) is 11.6 Å². The number of ketones is 1. The molecule has 3 aromatic rings. The number of aryl methyl sites for hydroxylation is 1. The molecule has 2 aliphatic rings. The van der Waals surface area contributed by atoms with E-state index in [1.54, 1.807) is 19.1 Å². The maximum Gasteiger partial charge on any atom is 0.181 e. The number of hydrogen-bond donors (Lipinski definition) is 0. The number of halogens is 1. The third kappa shape index (κ3) is 5.66. The molecule has 1 saturated carbocycles.